The van der Waals surface area contributed by atoms with Crippen LogP contribution in [0.15, 0.2) is 24.3 Å². The monoisotopic (exact) mass is 251 g/mol. The molecule has 3 heteroatoms. The molecule has 0 spiro atoms. The van der Waals surface area contributed by atoms with Gasteiger partial charge in [0, 0.05) is 12.6 Å². The first-order valence-corrected chi connectivity index (χ1v) is 6.73. The van der Waals surface area contributed by atoms with Crippen LogP contribution in [0.2, 0.25) is 0 Å². The van der Waals surface area contributed by atoms with Crippen molar-refractivity contribution in [2.75, 3.05) is 6.54 Å². The smallest absolute Gasteiger partial charge is 0.123 e. The van der Waals surface area contributed by atoms with Crippen molar-refractivity contribution in [2.24, 2.45) is 5.92 Å². The lowest BCUT2D eigenvalue weighted by Gasteiger charge is -2.37. The van der Waals surface area contributed by atoms with Gasteiger partial charge in [0.15, 0.2) is 0 Å². The largest absolute Gasteiger partial charge is 0.392 e. The Hall–Kier alpha value is -0.930. The van der Waals surface area contributed by atoms with E-state index in [1.165, 1.54) is 6.07 Å². The third-order valence-corrected chi connectivity index (χ3v) is 3.84. The Labute approximate surface area is 108 Å². The highest BCUT2D eigenvalue weighted by atomic mass is 19.1. The molecule has 0 heterocycles. The van der Waals surface area contributed by atoms with Gasteiger partial charge in [-0.2, -0.15) is 0 Å². The molecule has 0 saturated heterocycles. The van der Waals surface area contributed by atoms with Gasteiger partial charge in [-0.1, -0.05) is 26.0 Å². The lowest BCUT2D eigenvalue weighted by Crippen LogP contribution is -2.44. The minimum Gasteiger partial charge on any atom is -0.392 e. The standard InChI is InChI=1S/C15H22FNO/c1-10(2)15(18)9-17-14-7-12(8-14)11-4-3-5-13(16)6-11/h3-6,10,12,14-15,17-18H,7-9H2,1-2H3. The first-order valence-electron chi connectivity index (χ1n) is 6.73. The highest BCUT2D eigenvalue weighted by Gasteiger charge is 2.30. The van der Waals surface area contributed by atoms with Crippen molar-refractivity contribution >= 4 is 0 Å². The zero-order valence-corrected chi connectivity index (χ0v) is 11.1. The minimum absolute atomic E-state index is 0.154. The maximum absolute atomic E-state index is 13.1. The van der Waals surface area contributed by atoms with Crippen LogP contribution in [0.3, 0.4) is 0 Å². The molecule has 0 radical (unpaired) electrons. The Bertz CT molecular complexity index is 388. The topological polar surface area (TPSA) is 32.3 Å². The Morgan fingerprint density at radius 3 is 2.72 bits per heavy atom. The summed E-state index contributed by atoms with van der Waals surface area (Å²) >= 11 is 0. The van der Waals surface area contributed by atoms with Crippen LogP contribution in [-0.2, 0) is 0 Å². The van der Waals surface area contributed by atoms with Gasteiger partial charge in [-0.25, -0.2) is 4.39 Å². The summed E-state index contributed by atoms with van der Waals surface area (Å²) in [7, 11) is 0. The summed E-state index contributed by atoms with van der Waals surface area (Å²) in [6, 6.07) is 7.34. The number of aliphatic hydroxyl groups is 1. The molecule has 0 aromatic heterocycles. The van der Waals surface area contributed by atoms with Crippen LogP contribution in [0.1, 0.15) is 38.2 Å². The highest BCUT2D eigenvalue weighted by molar-refractivity contribution is 5.23. The number of benzene rings is 1. The van der Waals surface area contributed by atoms with Crippen LogP contribution in [0.5, 0.6) is 0 Å². The normalized spacial score (nSPS) is 24.9. The number of halogens is 1. The van der Waals surface area contributed by atoms with Gasteiger partial charge in [-0.05, 0) is 42.4 Å². The number of hydrogen-bond acceptors (Lipinski definition) is 2. The van der Waals surface area contributed by atoms with E-state index in [1.54, 1.807) is 12.1 Å². The molecule has 1 aliphatic rings. The lowest BCUT2D eigenvalue weighted by atomic mass is 9.76. The molecule has 1 unspecified atom stereocenters. The molecule has 2 N–H and O–H groups in total. The van der Waals surface area contributed by atoms with Crippen LogP contribution < -0.4 is 5.32 Å². The second-order valence-electron chi connectivity index (χ2n) is 5.64. The number of hydrogen-bond donors (Lipinski definition) is 2. The second-order valence-corrected chi connectivity index (χ2v) is 5.64. The van der Waals surface area contributed by atoms with E-state index in [-0.39, 0.29) is 17.8 Å². The Morgan fingerprint density at radius 2 is 2.11 bits per heavy atom. The van der Waals surface area contributed by atoms with Crippen LogP contribution in [-0.4, -0.2) is 23.8 Å². The fourth-order valence-corrected chi connectivity index (χ4v) is 2.34. The van der Waals surface area contributed by atoms with Crippen LogP contribution in [0.25, 0.3) is 0 Å². The van der Waals surface area contributed by atoms with Gasteiger partial charge < -0.3 is 10.4 Å². The van der Waals surface area contributed by atoms with E-state index < -0.39 is 0 Å². The van der Waals surface area contributed by atoms with Crippen molar-refractivity contribution < 1.29 is 9.50 Å². The molecule has 2 rings (SSSR count). The van der Waals surface area contributed by atoms with Crippen LogP contribution in [0, 0.1) is 11.7 Å². The van der Waals surface area contributed by atoms with Gasteiger partial charge in [-0.3, -0.25) is 0 Å². The fraction of sp³-hybridized carbons (Fsp3) is 0.600. The molecule has 1 atom stereocenters. The second kappa shape index (κ2) is 5.81. The SMILES string of the molecule is CC(C)C(O)CNC1CC(c2cccc(F)c2)C1. The number of aliphatic hydroxyl groups excluding tert-OH is 1. The summed E-state index contributed by atoms with van der Waals surface area (Å²) in [5, 5.41) is 13.1. The molecule has 1 fully saturated rings. The van der Waals surface area contributed by atoms with Crippen molar-refractivity contribution in [2.45, 2.75) is 44.8 Å². The van der Waals surface area contributed by atoms with Crippen molar-refractivity contribution in [3.63, 3.8) is 0 Å². The van der Waals surface area contributed by atoms with Gasteiger partial charge in [0.2, 0.25) is 0 Å². The molecule has 1 aliphatic carbocycles. The van der Waals surface area contributed by atoms with E-state index in [0.29, 0.717) is 18.5 Å². The van der Waals surface area contributed by atoms with E-state index in [1.807, 2.05) is 19.9 Å². The summed E-state index contributed by atoms with van der Waals surface area (Å²) in [5.74, 6) is 0.602. The van der Waals surface area contributed by atoms with Crippen LogP contribution >= 0.6 is 0 Å². The molecule has 100 valence electrons. The van der Waals surface area contributed by atoms with E-state index in [2.05, 4.69) is 5.32 Å². The molecule has 1 saturated carbocycles. The van der Waals surface area contributed by atoms with E-state index in [0.717, 1.165) is 18.4 Å². The Kier molecular flexibility index (Phi) is 4.36. The molecule has 18 heavy (non-hydrogen) atoms. The Balaban J connectivity index is 1.74. The maximum Gasteiger partial charge on any atom is 0.123 e. The summed E-state index contributed by atoms with van der Waals surface area (Å²) in [6.45, 7) is 4.68. The molecule has 1 aromatic rings. The van der Waals surface area contributed by atoms with Crippen LogP contribution in [0.4, 0.5) is 4.39 Å². The molecular weight excluding hydrogens is 229 g/mol. The zero-order chi connectivity index (χ0) is 13.1. The predicted molar refractivity (Wildman–Crippen MR) is 71.0 cm³/mol. The zero-order valence-electron chi connectivity index (χ0n) is 11.1. The maximum atomic E-state index is 13.1. The molecular formula is C15H22FNO. The van der Waals surface area contributed by atoms with Gasteiger partial charge >= 0.3 is 0 Å². The summed E-state index contributed by atoms with van der Waals surface area (Å²) in [5.41, 5.74) is 1.09. The summed E-state index contributed by atoms with van der Waals surface area (Å²) in [6.07, 6.45) is 1.79. The number of rotatable bonds is 5. The van der Waals surface area contributed by atoms with E-state index in [4.69, 9.17) is 0 Å². The van der Waals surface area contributed by atoms with Crippen molar-refractivity contribution in [1.29, 1.82) is 0 Å². The first-order chi connectivity index (χ1) is 8.56. The minimum atomic E-state index is -0.279. The van der Waals surface area contributed by atoms with Gasteiger partial charge in [0.05, 0.1) is 6.10 Å². The molecule has 1 aromatic carbocycles. The average Bonchev–Trinajstić information content (AvgIpc) is 2.26. The third-order valence-electron chi connectivity index (χ3n) is 3.84. The van der Waals surface area contributed by atoms with Crippen molar-refractivity contribution in [3.8, 4) is 0 Å². The van der Waals surface area contributed by atoms with E-state index >= 15 is 0 Å². The Morgan fingerprint density at radius 1 is 1.39 bits per heavy atom. The van der Waals surface area contributed by atoms with Crippen molar-refractivity contribution in [1.82, 2.24) is 5.32 Å². The molecule has 0 aliphatic heterocycles. The quantitative estimate of drug-likeness (QED) is 0.843. The lowest BCUT2D eigenvalue weighted by molar-refractivity contribution is 0.112. The van der Waals surface area contributed by atoms with Gasteiger partial charge in [0.25, 0.3) is 0 Å². The summed E-state index contributed by atoms with van der Waals surface area (Å²) in [4.78, 5) is 0. The fourth-order valence-electron chi connectivity index (χ4n) is 2.34. The highest BCUT2D eigenvalue weighted by Crippen LogP contribution is 2.36. The van der Waals surface area contributed by atoms with Gasteiger partial charge in [0.1, 0.15) is 5.82 Å². The molecule has 0 amide bonds. The third kappa shape index (κ3) is 3.30. The average molecular weight is 251 g/mol. The first kappa shape index (κ1) is 13.5. The van der Waals surface area contributed by atoms with E-state index in [9.17, 15) is 9.50 Å². The predicted octanol–water partition coefficient (Wildman–Crippen LogP) is 2.68. The molecule has 0 bridgehead atoms. The molecule has 2 nitrogen and oxygen atoms in total. The van der Waals surface area contributed by atoms with Gasteiger partial charge in [-0.15, -0.1) is 0 Å². The number of nitrogens with one attached hydrogen (secondary N) is 1. The summed E-state index contributed by atoms with van der Waals surface area (Å²) < 4.78 is 13.1. The van der Waals surface area contributed by atoms with Crippen molar-refractivity contribution in [3.05, 3.63) is 35.6 Å².